The second-order valence-electron chi connectivity index (χ2n) is 6.41. The molecule has 0 aliphatic carbocycles. The lowest BCUT2D eigenvalue weighted by molar-refractivity contribution is -0.136. The topological polar surface area (TPSA) is 23.6 Å². The molecule has 0 saturated carbocycles. The molecule has 1 aliphatic rings. The molecule has 0 bridgehead atoms. The van der Waals surface area contributed by atoms with Gasteiger partial charge in [0.1, 0.15) is 0 Å². The molecule has 1 amide bonds. The van der Waals surface area contributed by atoms with E-state index in [2.05, 4.69) is 35.2 Å². The first-order valence-electron chi connectivity index (χ1n) is 8.11. The third kappa shape index (κ3) is 4.57. The molecule has 2 rings (SSSR count). The molecule has 1 saturated heterocycles. The second-order valence-corrected chi connectivity index (χ2v) is 6.41. The minimum Gasteiger partial charge on any atom is -0.342 e. The van der Waals surface area contributed by atoms with Crippen LogP contribution in [0.4, 0.5) is 0 Å². The van der Waals surface area contributed by atoms with Crippen LogP contribution in [0, 0.1) is 5.92 Å². The Hall–Kier alpha value is -1.35. The minimum atomic E-state index is 0.103. The molecule has 0 aromatic heterocycles. The highest BCUT2D eigenvalue weighted by atomic mass is 16.2. The number of nitrogens with zero attached hydrogens (tertiary/aromatic N) is 2. The van der Waals surface area contributed by atoms with Gasteiger partial charge in [-0.3, -0.25) is 4.79 Å². The Balaban J connectivity index is 1.74. The molecule has 0 atom stereocenters. The predicted octanol–water partition coefficient (Wildman–Crippen LogP) is 2.81. The standard InChI is InChI=1S/C18H28N2O/c1-15(2)18(21)19(3)17-10-13-20(14-11-17)12-9-16-7-5-4-6-8-16/h4-8,15,17H,9-14H2,1-3H3. The molecule has 1 aromatic rings. The fourth-order valence-corrected chi connectivity index (χ4v) is 3.05. The van der Waals surface area contributed by atoms with E-state index in [1.807, 2.05) is 25.8 Å². The van der Waals surface area contributed by atoms with Gasteiger partial charge in [-0.1, -0.05) is 44.2 Å². The smallest absolute Gasteiger partial charge is 0.225 e. The fraction of sp³-hybridized carbons (Fsp3) is 0.611. The minimum absolute atomic E-state index is 0.103. The van der Waals surface area contributed by atoms with Gasteiger partial charge in [0, 0.05) is 38.6 Å². The van der Waals surface area contributed by atoms with Crippen LogP contribution in [-0.2, 0) is 11.2 Å². The zero-order chi connectivity index (χ0) is 15.2. The van der Waals surface area contributed by atoms with Crippen LogP contribution in [0.15, 0.2) is 30.3 Å². The molecule has 1 fully saturated rings. The Morgan fingerprint density at radius 1 is 1.24 bits per heavy atom. The molecule has 3 heteroatoms. The van der Waals surface area contributed by atoms with E-state index in [4.69, 9.17) is 0 Å². The fourth-order valence-electron chi connectivity index (χ4n) is 3.05. The number of hydrogen-bond donors (Lipinski definition) is 0. The maximum Gasteiger partial charge on any atom is 0.225 e. The van der Waals surface area contributed by atoms with E-state index < -0.39 is 0 Å². The SMILES string of the molecule is CC(C)C(=O)N(C)C1CCN(CCc2ccccc2)CC1. The van der Waals surface area contributed by atoms with Crippen LogP contribution in [-0.4, -0.2) is 48.4 Å². The van der Waals surface area contributed by atoms with Gasteiger partial charge in [0.25, 0.3) is 0 Å². The van der Waals surface area contributed by atoms with E-state index in [9.17, 15) is 4.79 Å². The third-order valence-electron chi connectivity index (χ3n) is 4.51. The molecule has 0 radical (unpaired) electrons. The van der Waals surface area contributed by atoms with Gasteiger partial charge in [-0.05, 0) is 24.8 Å². The molecular formula is C18H28N2O. The molecule has 1 aliphatic heterocycles. The molecule has 0 unspecified atom stereocenters. The van der Waals surface area contributed by atoms with E-state index in [1.165, 1.54) is 5.56 Å². The summed E-state index contributed by atoms with van der Waals surface area (Å²) in [6, 6.07) is 11.1. The van der Waals surface area contributed by atoms with E-state index in [-0.39, 0.29) is 11.8 Å². The zero-order valence-corrected chi connectivity index (χ0v) is 13.6. The number of amides is 1. The highest BCUT2D eigenvalue weighted by molar-refractivity contribution is 5.78. The number of piperidine rings is 1. The van der Waals surface area contributed by atoms with Crippen molar-refractivity contribution in [3.8, 4) is 0 Å². The maximum absolute atomic E-state index is 12.0. The summed E-state index contributed by atoms with van der Waals surface area (Å²) in [6.07, 6.45) is 3.32. The van der Waals surface area contributed by atoms with Gasteiger partial charge in [-0.25, -0.2) is 0 Å². The molecule has 1 heterocycles. The quantitative estimate of drug-likeness (QED) is 0.832. The van der Waals surface area contributed by atoms with E-state index in [1.54, 1.807) is 0 Å². The van der Waals surface area contributed by atoms with Crippen LogP contribution >= 0.6 is 0 Å². The Bertz CT molecular complexity index is 436. The monoisotopic (exact) mass is 288 g/mol. The van der Waals surface area contributed by atoms with Crippen molar-refractivity contribution in [2.24, 2.45) is 5.92 Å². The van der Waals surface area contributed by atoms with Crippen LogP contribution in [0.25, 0.3) is 0 Å². The molecule has 116 valence electrons. The van der Waals surface area contributed by atoms with E-state index in [0.717, 1.165) is 38.9 Å². The number of carbonyl (C=O) groups excluding carboxylic acids is 1. The predicted molar refractivity (Wildman–Crippen MR) is 87.2 cm³/mol. The summed E-state index contributed by atoms with van der Waals surface area (Å²) in [5, 5.41) is 0. The number of rotatable bonds is 5. The third-order valence-corrected chi connectivity index (χ3v) is 4.51. The van der Waals surface area contributed by atoms with Crippen LogP contribution < -0.4 is 0 Å². The molecule has 3 nitrogen and oxygen atoms in total. The average Bonchev–Trinajstić information content (AvgIpc) is 2.53. The number of hydrogen-bond acceptors (Lipinski definition) is 2. The normalized spacial score (nSPS) is 17.1. The number of likely N-dealkylation sites (tertiary alicyclic amines) is 1. The van der Waals surface area contributed by atoms with Crippen LogP contribution in [0.5, 0.6) is 0 Å². The van der Waals surface area contributed by atoms with Gasteiger partial charge in [0.05, 0.1) is 0 Å². The van der Waals surface area contributed by atoms with Crippen molar-refractivity contribution in [3.63, 3.8) is 0 Å². The summed E-state index contributed by atoms with van der Waals surface area (Å²) in [6.45, 7) is 7.29. The van der Waals surface area contributed by atoms with Crippen molar-refractivity contribution in [1.29, 1.82) is 0 Å². The van der Waals surface area contributed by atoms with Crippen molar-refractivity contribution in [2.45, 2.75) is 39.2 Å². The first-order valence-corrected chi connectivity index (χ1v) is 8.11. The van der Waals surface area contributed by atoms with Crippen molar-refractivity contribution in [1.82, 2.24) is 9.80 Å². The lowest BCUT2D eigenvalue weighted by Gasteiger charge is -2.37. The van der Waals surface area contributed by atoms with Crippen molar-refractivity contribution >= 4 is 5.91 Å². The first kappa shape index (κ1) is 16.0. The number of carbonyl (C=O) groups is 1. The van der Waals surface area contributed by atoms with Gasteiger partial charge in [-0.2, -0.15) is 0 Å². The average molecular weight is 288 g/mol. The Labute approximate surface area is 128 Å². The van der Waals surface area contributed by atoms with Gasteiger partial charge < -0.3 is 9.80 Å². The van der Waals surface area contributed by atoms with E-state index in [0.29, 0.717) is 6.04 Å². The summed E-state index contributed by atoms with van der Waals surface area (Å²) in [7, 11) is 1.96. The molecule has 1 aromatic carbocycles. The van der Waals surface area contributed by atoms with Gasteiger partial charge in [0.15, 0.2) is 0 Å². The zero-order valence-electron chi connectivity index (χ0n) is 13.6. The lowest BCUT2D eigenvalue weighted by atomic mass is 10.0. The Kier molecular flexibility index (Phi) is 5.80. The molecular weight excluding hydrogens is 260 g/mol. The van der Waals surface area contributed by atoms with E-state index >= 15 is 0 Å². The lowest BCUT2D eigenvalue weighted by Crippen LogP contribution is -2.47. The highest BCUT2D eigenvalue weighted by Crippen LogP contribution is 2.17. The maximum atomic E-state index is 12.0. The summed E-state index contributed by atoms with van der Waals surface area (Å²) < 4.78 is 0. The number of benzene rings is 1. The Morgan fingerprint density at radius 3 is 2.43 bits per heavy atom. The Morgan fingerprint density at radius 2 is 1.86 bits per heavy atom. The summed E-state index contributed by atoms with van der Waals surface area (Å²) in [5.41, 5.74) is 1.41. The first-order chi connectivity index (χ1) is 10.1. The molecule has 0 N–H and O–H groups in total. The van der Waals surface area contributed by atoms with Crippen LogP contribution in [0.2, 0.25) is 0 Å². The van der Waals surface area contributed by atoms with Crippen LogP contribution in [0.3, 0.4) is 0 Å². The van der Waals surface area contributed by atoms with Gasteiger partial charge >= 0.3 is 0 Å². The summed E-state index contributed by atoms with van der Waals surface area (Å²) in [4.78, 5) is 16.5. The molecule has 0 spiro atoms. The summed E-state index contributed by atoms with van der Waals surface area (Å²) >= 11 is 0. The highest BCUT2D eigenvalue weighted by Gasteiger charge is 2.26. The van der Waals surface area contributed by atoms with Crippen LogP contribution in [0.1, 0.15) is 32.3 Å². The van der Waals surface area contributed by atoms with Crippen molar-refractivity contribution in [2.75, 3.05) is 26.7 Å². The van der Waals surface area contributed by atoms with Gasteiger partial charge in [0.2, 0.25) is 5.91 Å². The molecule has 21 heavy (non-hydrogen) atoms. The largest absolute Gasteiger partial charge is 0.342 e. The van der Waals surface area contributed by atoms with Gasteiger partial charge in [-0.15, -0.1) is 0 Å². The van der Waals surface area contributed by atoms with Crippen molar-refractivity contribution in [3.05, 3.63) is 35.9 Å². The second kappa shape index (κ2) is 7.60. The van der Waals surface area contributed by atoms with Crippen molar-refractivity contribution < 1.29 is 4.79 Å². The summed E-state index contributed by atoms with van der Waals surface area (Å²) in [5.74, 6) is 0.379.